The summed E-state index contributed by atoms with van der Waals surface area (Å²) < 4.78 is 0. The van der Waals surface area contributed by atoms with Gasteiger partial charge in [0, 0.05) is 26.5 Å². The number of nitrogens with one attached hydrogen (secondary N) is 2. The van der Waals surface area contributed by atoms with E-state index >= 15 is 0 Å². The Kier molecular flexibility index (Phi) is 7.44. The maximum atomic E-state index is 13.2. The zero-order valence-corrected chi connectivity index (χ0v) is 20.0. The van der Waals surface area contributed by atoms with E-state index in [1.165, 1.54) is 23.1 Å². The predicted molar refractivity (Wildman–Crippen MR) is 136 cm³/mol. The molecular formula is C25H20ClN3O2S2. The third-order valence-corrected chi connectivity index (χ3v) is 6.98. The fourth-order valence-electron chi connectivity index (χ4n) is 3.10. The summed E-state index contributed by atoms with van der Waals surface area (Å²) in [5.41, 5.74) is 2.84. The maximum Gasteiger partial charge on any atom is 0.255 e. The molecule has 1 atom stereocenters. The molecule has 2 N–H and O–H groups in total. The van der Waals surface area contributed by atoms with Gasteiger partial charge in [0.15, 0.2) is 5.13 Å². The molecule has 3 aromatic carbocycles. The molecule has 1 aromatic heterocycles. The van der Waals surface area contributed by atoms with Crippen LogP contribution in [0.5, 0.6) is 0 Å². The molecule has 166 valence electrons. The van der Waals surface area contributed by atoms with Gasteiger partial charge in [-0.25, -0.2) is 4.98 Å². The number of thiazole rings is 1. The van der Waals surface area contributed by atoms with Crippen LogP contribution < -0.4 is 10.6 Å². The van der Waals surface area contributed by atoms with Crippen LogP contribution in [0.3, 0.4) is 0 Å². The van der Waals surface area contributed by atoms with Gasteiger partial charge in [0.1, 0.15) is 5.25 Å². The number of aryl methyl sites for hydroxylation is 1. The number of halogens is 1. The van der Waals surface area contributed by atoms with Gasteiger partial charge in [-0.05, 0) is 48.9 Å². The van der Waals surface area contributed by atoms with Crippen molar-refractivity contribution in [2.45, 2.75) is 17.1 Å². The van der Waals surface area contributed by atoms with Crippen LogP contribution in [-0.4, -0.2) is 16.8 Å². The lowest BCUT2D eigenvalue weighted by Crippen LogP contribution is -2.19. The van der Waals surface area contributed by atoms with Crippen molar-refractivity contribution in [2.24, 2.45) is 0 Å². The van der Waals surface area contributed by atoms with Crippen molar-refractivity contribution < 1.29 is 9.59 Å². The first-order valence-electron chi connectivity index (χ1n) is 10.1. The van der Waals surface area contributed by atoms with Crippen LogP contribution in [0.15, 0.2) is 89.1 Å². The summed E-state index contributed by atoms with van der Waals surface area (Å²) in [6.45, 7) is 1.89. The Labute approximate surface area is 205 Å². The van der Waals surface area contributed by atoms with Crippen molar-refractivity contribution in [1.29, 1.82) is 0 Å². The highest BCUT2D eigenvalue weighted by atomic mass is 35.5. The molecule has 33 heavy (non-hydrogen) atoms. The summed E-state index contributed by atoms with van der Waals surface area (Å²) in [7, 11) is 0. The molecule has 0 aliphatic rings. The molecule has 0 aliphatic heterocycles. The van der Waals surface area contributed by atoms with E-state index in [-0.39, 0.29) is 11.8 Å². The summed E-state index contributed by atoms with van der Waals surface area (Å²) >= 11 is 8.80. The number of hydrogen-bond donors (Lipinski definition) is 2. The molecule has 0 radical (unpaired) electrons. The quantitative estimate of drug-likeness (QED) is 0.277. The van der Waals surface area contributed by atoms with E-state index < -0.39 is 5.25 Å². The number of carbonyl (C=O) groups excluding carboxylic acids is 2. The third-order valence-electron chi connectivity index (χ3n) is 4.62. The Bertz CT molecular complexity index is 1280. The summed E-state index contributed by atoms with van der Waals surface area (Å²) in [5.74, 6) is -0.412. The zero-order chi connectivity index (χ0) is 23.2. The Morgan fingerprint density at radius 1 is 0.970 bits per heavy atom. The van der Waals surface area contributed by atoms with E-state index in [1.54, 1.807) is 24.3 Å². The van der Waals surface area contributed by atoms with Crippen LogP contribution >= 0.6 is 34.7 Å². The molecule has 0 aliphatic carbocycles. The number of benzene rings is 3. The second kappa shape index (κ2) is 10.7. The lowest BCUT2D eigenvalue weighted by atomic mass is 10.1. The Morgan fingerprint density at radius 3 is 2.48 bits per heavy atom. The molecule has 1 heterocycles. The van der Waals surface area contributed by atoms with Crippen LogP contribution in [0.4, 0.5) is 10.8 Å². The zero-order valence-electron chi connectivity index (χ0n) is 17.6. The van der Waals surface area contributed by atoms with E-state index in [9.17, 15) is 9.59 Å². The number of thioether (sulfide) groups is 1. The summed E-state index contributed by atoms with van der Waals surface area (Å²) in [6.07, 6.45) is 0. The molecule has 0 spiro atoms. The van der Waals surface area contributed by atoms with Crippen LogP contribution in [0, 0.1) is 6.92 Å². The number of rotatable bonds is 7. The number of aromatic nitrogens is 1. The van der Waals surface area contributed by atoms with Crippen molar-refractivity contribution in [2.75, 3.05) is 10.6 Å². The van der Waals surface area contributed by atoms with Crippen LogP contribution in [0.1, 0.15) is 26.9 Å². The number of hydrogen-bond acceptors (Lipinski definition) is 5. The van der Waals surface area contributed by atoms with Crippen molar-refractivity contribution in [3.05, 3.63) is 106 Å². The molecule has 0 bridgehead atoms. The Balaban J connectivity index is 1.53. The van der Waals surface area contributed by atoms with Gasteiger partial charge in [-0.3, -0.25) is 9.59 Å². The molecule has 0 saturated carbocycles. The predicted octanol–water partition coefficient (Wildman–Crippen LogP) is 6.83. The topological polar surface area (TPSA) is 71.1 Å². The lowest BCUT2D eigenvalue weighted by molar-refractivity contribution is -0.115. The molecule has 4 aromatic rings. The first-order valence-corrected chi connectivity index (χ1v) is 12.2. The minimum atomic E-state index is -0.491. The van der Waals surface area contributed by atoms with Gasteiger partial charge in [-0.15, -0.1) is 23.1 Å². The first-order chi connectivity index (χ1) is 16.0. The maximum absolute atomic E-state index is 13.2. The lowest BCUT2D eigenvalue weighted by Gasteiger charge is -2.17. The van der Waals surface area contributed by atoms with Gasteiger partial charge in [-0.1, -0.05) is 54.1 Å². The van der Waals surface area contributed by atoms with Gasteiger partial charge >= 0.3 is 0 Å². The number of nitrogens with zero attached hydrogens (tertiary/aromatic N) is 1. The van der Waals surface area contributed by atoms with Crippen molar-refractivity contribution >= 4 is 57.3 Å². The van der Waals surface area contributed by atoms with Crippen LogP contribution in [-0.2, 0) is 4.79 Å². The van der Waals surface area contributed by atoms with Crippen molar-refractivity contribution in [3.8, 4) is 0 Å². The third kappa shape index (κ3) is 6.22. The normalized spacial score (nSPS) is 11.6. The van der Waals surface area contributed by atoms with E-state index in [4.69, 9.17) is 11.6 Å². The minimum absolute atomic E-state index is 0.158. The van der Waals surface area contributed by atoms with Crippen LogP contribution in [0.25, 0.3) is 0 Å². The fraction of sp³-hybridized carbons (Fsp3) is 0.0800. The second-order valence-corrected chi connectivity index (χ2v) is 9.66. The van der Waals surface area contributed by atoms with Crippen molar-refractivity contribution in [3.63, 3.8) is 0 Å². The molecule has 5 nitrogen and oxygen atoms in total. The smallest absolute Gasteiger partial charge is 0.255 e. The van der Waals surface area contributed by atoms with Gasteiger partial charge in [0.05, 0.1) is 5.69 Å². The Morgan fingerprint density at radius 2 is 1.76 bits per heavy atom. The first kappa shape index (κ1) is 23.0. The average molecular weight is 494 g/mol. The molecule has 0 fully saturated rings. The van der Waals surface area contributed by atoms with Gasteiger partial charge in [-0.2, -0.15) is 0 Å². The highest BCUT2D eigenvalue weighted by Crippen LogP contribution is 2.37. The van der Waals surface area contributed by atoms with Crippen molar-refractivity contribution in [1.82, 2.24) is 4.98 Å². The minimum Gasteiger partial charge on any atom is -0.322 e. The SMILES string of the molecule is Cc1csc(NC(=O)C(Sc2cccc(NC(=O)c3cccc(Cl)c3)c2)c2ccccc2)n1. The second-order valence-electron chi connectivity index (χ2n) is 7.18. The van der Waals surface area contributed by atoms with E-state index in [0.717, 1.165) is 16.2 Å². The number of anilines is 2. The molecular weight excluding hydrogens is 474 g/mol. The fourth-order valence-corrected chi connectivity index (χ4v) is 5.06. The van der Waals surface area contributed by atoms with Crippen LogP contribution in [0.2, 0.25) is 5.02 Å². The van der Waals surface area contributed by atoms with E-state index in [2.05, 4.69) is 15.6 Å². The summed E-state index contributed by atoms with van der Waals surface area (Å²) in [5, 5.41) is 8.29. The van der Waals surface area contributed by atoms with E-state index in [1.807, 2.05) is 66.9 Å². The standard InChI is InChI=1S/C25H20ClN3O2S2/c1-16-15-32-25(27-16)29-24(31)22(17-7-3-2-4-8-17)33-21-12-6-11-20(14-21)28-23(30)18-9-5-10-19(26)13-18/h2-15,22H,1H3,(H,28,30)(H,27,29,31). The summed E-state index contributed by atoms with van der Waals surface area (Å²) in [4.78, 5) is 30.9. The average Bonchev–Trinajstić information content (AvgIpc) is 3.22. The Hall–Kier alpha value is -3.13. The molecule has 2 amide bonds. The monoisotopic (exact) mass is 493 g/mol. The largest absolute Gasteiger partial charge is 0.322 e. The highest BCUT2D eigenvalue weighted by molar-refractivity contribution is 8.00. The highest BCUT2D eigenvalue weighted by Gasteiger charge is 2.23. The van der Waals surface area contributed by atoms with Gasteiger partial charge in [0.2, 0.25) is 5.91 Å². The summed E-state index contributed by atoms with van der Waals surface area (Å²) in [6, 6.07) is 23.8. The molecule has 4 rings (SSSR count). The molecule has 1 unspecified atom stereocenters. The van der Waals surface area contributed by atoms with Gasteiger partial charge in [0.25, 0.3) is 5.91 Å². The number of carbonyl (C=O) groups is 2. The van der Waals surface area contributed by atoms with Gasteiger partial charge < -0.3 is 10.6 Å². The molecule has 0 saturated heterocycles. The number of amides is 2. The molecule has 8 heteroatoms. The van der Waals surface area contributed by atoms with E-state index in [0.29, 0.717) is 21.4 Å².